The van der Waals surface area contributed by atoms with E-state index in [1.165, 1.54) is 18.2 Å². The fraction of sp³-hybridized carbons (Fsp3) is 0.133. The molecule has 1 amide bonds. The third kappa shape index (κ3) is 4.58. The zero-order chi connectivity index (χ0) is 17.0. The number of nitrogens with zero attached hydrogens (tertiary/aromatic N) is 1. The number of phenolic OH excluding ortho intramolecular Hbond substituents is 1. The van der Waals surface area contributed by atoms with Crippen molar-refractivity contribution < 1.29 is 14.8 Å². The Morgan fingerprint density at radius 3 is 2.57 bits per heavy atom. The quantitative estimate of drug-likeness (QED) is 0.635. The van der Waals surface area contributed by atoms with Crippen molar-refractivity contribution in [2.75, 3.05) is 0 Å². The van der Waals surface area contributed by atoms with Crippen LogP contribution in [-0.2, 0) is 17.8 Å². The van der Waals surface area contributed by atoms with Gasteiger partial charge in [-0.1, -0.05) is 29.3 Å². The summed E-state index contributed by atoms with van der Waals surface area (Å²) in [6, 6.07) is 8.50. The summed E-state index contributed by atoms with van der Waals surface area (Å²) < 4.78 is 0. The SMILES string of the molecule is O=C(Cc1ccc(Cl)c(Cl)c1)NCc1cc([N+](=O)[O-])ccc1O. The molecule has 23 heavy (non-hydrogen) atoms. The number of benzene rings is 2. The van der Waals surface area contributed by atoms with Crippen LogP contribution in [0.1, 0.15) is 11.1 Å². The van der Waals surface area contributed by atoms with Gasteiger partial charge < -0.3 is 10.4 Å². The molecule has 0 atom stereocenters. The molecule has 2 aromatic rings. The van der Waals surface area contributed by atoms with E-state index in [1.807, 2.05) is 0 Å². The van der Waals surface area contributed by atoms with Crippen LogP contribution >= 0.6 is 23.2 Å². The molecule has 0 radical (unpaired) electrons. The van der Waals surface area contributed by atoms with E-state index in [0.29, 0.717) is 15.6 Å². The van der Waals surface area contributed by atoms with Crippen LogP contribution in [0.3, 0.4) is 0 Å². The number of aromatic hydroxyl groups is 1. The molecule has 8 heteroatoms. The van der Waals surface area contributed by atoms with E-state index in [4.69, 9.17) is 23.2 Å². The van der Waals surface area contributed by atoms with Gasteiger partial charge in [0, 0.05) is 24.2 Å². The molecule has 0 spiro atoms. The normalized spacial score (nSPS) is 10.3. The van der Waals surface area contributed by atoms with Crippen LogP contribution in [0.25, 0.3) is 0 Å². The van der Waals surface area contributed by atoms with E-state index in [9.17, 15) is 20.0 Å². The van der Waals surface area contributed by atoms with Gasteiger partial charge in [-0.15, -0.1) is 0 Å². The van der Waals surface area contributed by atoms with Gasteiger partial charge in [0.1, 0.15) is 5.75 Å². The minimum Gasteiger partial charge on any atom is -0.508 e. The van der Waals surface area contributed by atoms with E-state index >= 15 is 0 Å². The zero-order valence-electron chi connectivity index (χ0n) is 11.8. The van der Waals surface area contributed by atoms with Crippen LogP contribution in [0.5, 0.6) is 5.75 Å². The van der Waals surface area contributed by atoms with Crippen LogP contribution in [-0.4, -0.2) is 15.9 Å². The van der Waals surface area contributed by atoms with Crippen LogP contribution < -0.4 is 5.32 Å². The summed E-state index contributed by atoms with van der Waals surface area (Å²) in [7, 11) is 0. The molecule has 0 aliphatic rings. The van der Waals surface area contributed by atoms with Crippen molar-refractivity contribution in [3.05, 3.63) is 67.7 Å². The molecule has 6 nitrogen and oxygen atoms in total. The molecular formula is C15H12Cl2N2O4. The Bertz CT molecular complexity index is 765. The highest BCUT2D eigenvalue weighted by Gasteiger charge is 2.12. The lowest BCUT2D eigenvalue weighted by Crippen LogP contribution is -2.24. The largest absolute Gasteiger partial charge is 0.508 e. The molecule has 2 aromatic carbocycles. The first-order valence-electron chi connectivity index (χ1n) is 6.53. The smallest absolute Gasteiger partial charge is 0.270 e. The maximum atomic E-state index is 11.9. The lowest BCUT2D eigenvalue weighted by Gasteiger charge is -2.08. The van der Waals surface area contributed by atoms with Crippen molar-refractivity contribution >= 4 is 34.8 Å². The van der Waals surface area contributed by atoms with Gasteiger partial charge in [0.05, 0.1) is 21.4 Å². The summed E-state index contributed by atoms with van der Waals surface area (Å²) in [5.41, 5.74) is 0.790. The number of carbonyl (C=O) groups is 1. The third-order valence-corrected chi connectivity index (χ3v) is 3.84. The Hall–Kier alpha value is -2.31. The fourth-order valence-electron chi connectivity index (χ4n) is 1.92. The predicted octanol–water partition coefficient (Wildman–Crippen LogP) is 3.47. The van der Waals surface area contributed by atoms with Crippen molar-refractivity contribution in [1.29, 1.82) is 0 Å². The summed E-state index contributed by atoms with van der Waals surface area (Å²) in [4.78, 5) is 22.1. The highest BCUT2D eigenvalue weighted by atomic mass is 35.5. The average Bonchev–Trinajstić information content (AvgIpc) is 2.50. The van der Waals surface area contributed by atoms with E-state index in [-0.39, 0.29) is 35.9 Å². The summed E-state index contributed by atoms with van der Waals surface area (Å²) in [6.45, 7) is -0.0202. The Labute approximate surface area is 141 Å². The molecule has 0 aliphatic carbocycles. The minimum absolute atomic E-state index is 0.0202. The molecule has 2 N–H and O–H groups in total. The van der Waals surface area contributed by atoms with Gasteiger partial charge in [0.2, 0.25) is 5.91 Å². The number of hydrogen-bond acceptors (Lipinski definition) is 4. The minimum atomic E-state index is -0.569. The molecule has 120 valence electrons. The maximum Gasteiger partial charge on any atom is 0.270 e. The standard InChI is InChI=1S/C15H12Cl2N2O4/c16-12-3-1-9(5-13(12)17)6-15(21)18-8-10-7-11(19(22)23)2-4-14(10)20/h1-5,7,20H,6,8H2,(H,18,21). The highest BCUT2D eigenvalue weighted by molar-refractivity contribution is 6.42. The molecule has 0 bridgehead atoms. The fourth-order valence-corrected chi connectivity index (χ4v) is 2.24. The lowest BCUT2D eigenvalue weighted by molar-refractivity contribution is -0.384. The molecule has 0 aromatic heterocycles. The number of nitro benzene ring substituents is 1. The molecule has 0 aliphatic heterocycles. The van der Waals surface area contributed by atoms with Crippen LogP contribution in [0.4, 0.5) is 5.69 Å². The number of carbonyl (C=O) groups excluding carboxylic acids is 1. The van der Waals surface area contributed by atoms with E-state index < -0.39 is 4.92 Å². The number of nitro groups is 1. The van der Waals surface area contributed by atoms with Gasteiger partial charge in [-0.2, -0.15) is 0 Å². The van der Waals surface area contributed by atoms with Gasteiger partial charge in [0.15, 0.2) is 0 Å². The summed E-state index contributed by atoms with van der Waals surface area (Å²) >= 11 is 11.7. The first kappa shape index (κ1) is 17.1. The van der Waals surface area contributed by atoms with E-state index in [2.05, 4.69) is 5.32 Å². The second kappa shape index (κ2) is 7.30. The van der Waals surface area contributed by atoms with Crippen molar-refractivity contribution in [3.63, 3.8) is 0 Å². The molecule has 0 heterocycles. The molecule has 0 saturated carbocycles. The number of phenols is 1. The molecule has 0 fully saturated rings. The molecule has 0 saturated heterocycles. The van der Waals surface area contributed by atoms with Gasteiger partial charge >= 0.3 is 0 Å². The summed E-state index contributed by atoms with van der Waals surface area (Å²) in [5.74, 6) is -0.431. The Morgan fingerprint density at radius 1 is 1.17 bits per heavy atom. The second-order valence-corrected chi connectivity index (χ2v) is 5.59. The average molecular weight is 355 g/mol. The first-order chi connectivity index (χ1) is 10.9. The summed E-state index contributed by atoms with van der Waals surface area (Å²) in [6.07, 6.45) is 0.0760. The highest BCUT2D eigenvalue weighted by Crippen LogP contribution is 2.24. The van der Waals surface area contributed by atoms with Crippen LogP contribution in [0, 0.1) is 10.1 Å². The number of halogens is 2. The number of hydrogen-bond donors (Lipinski definition) is 2. The van der Waals surface area contributed by atoms with E-state index in [1.54, 1.807) is 18.2 Å². The van der Waals surface area contributed by atoms with Gasteiger partial charge in [-0.05, 0) is 23.8 Å². The van der Waals surface area contributed by atoms with Gasteiger partial charge in [0.25, 0.3) is 5.69 Å². The number of amides is 1. The Balaban J connectivity index is 2.00. The van der Waals surface area contributed by atoms with Crippen molar-refractivity contribution in [2.24, 2.45) is 0 Å². The van der Waals surface area contributed by atoms with Gasteiger partial charge in [-0.3, -0.25) is 14.9 Å². The Kier molecular flexibility index (Phi) is 5.41. The monoisotopic (exact) mass is 354 g/mol. The second-order valence-electron chi connectivity index (χ2n) is 4.77. The third-order valence-electron chi connectivity index (χ3n) is 3.10. The van der Waals surface area contributed by atoms with Crippen molar-refractivity contribution in [3.8, 4) is 5.75 Å². The van der Waals surface area contributed by atoms with E-state index in [0.717, 1.165) is 0 Å². The number of non-ortho nitro benzene ring substituents is 1. The lowest BCUT2D eigenvalue weighted by atomic mass is 10.1. The molecule has 0 unspecified atom stereocenters. The van der Waals surface area contributed by atoms with Crippen LogP contribution in [0.2, 0.25) is 10.0 Å². The topological polar surface area (TPSA) is 92.5 Å². The number of rotatable bonds is 5. The molecular weight excluding hydrogens is 343 g/mol. The van der Waals surface area contributed by atoms with Crippen molar-refractivity contribution in [2.45, 2.75) is 13.0 Å². The maximum absolute atomic E-state index is 11.9. The van der Waals surface area contributed by atoms with Crippen molar-refractivity contribution in [1.82, 2.24) is 5.32 Å². The first-order valence-corrected chi connectivity index (χ1v) is 7.29. The predicted molar refractivity (Wildman–Crippen MR) is 86.8 cm³/mol. The summed E-state index contributed by atoms with van der Waals surface area (Å²) in [5, 5.41) is 23.7. The number of nitrogens with one attached hydrogen (secondary N) is 1. The Morgan fingerprint density at radius 2 is 1.91 bits per heavy atom. The molecule has 2 rings (SSSR count). The van der Waals surface area contributed by atoms with Crippen LogP contribution in [0.15, 0.2) is 36.4 Å². The van der Waals surface area contributed by atoms with Gasteiger partial charge in [-0.25, -0.2) is 0 Å². The zero-order valence-corrected chi connectivity index (χ0v) is 13.3.